The fourth-order valence-electron chi connectivity index (χ4n) is 3.57. The molecule has 0 atom stereocenters. The van der Waals surface area contributed by atoms with Gasteiger partial charge < -0.3 is 19.0 Å². The number of allylic oxidation sites excluding steroid dienone is 2. The van der Waals surface area contributed by atoms with Crippen molar-refractivity contribution in [3.05, 3.63) is 57.3 Å². The summed E-state index contributed by atoms with van der Waals surface area (Å²) >= 11 is 0. The van der Waals surface area contributed by atoms with Gasteiger partial charge in [-0.2, -0.15) is 0 Å². The van der Waals surface area contributed by atoms with E-state index in [-0.39, 0.29) is 16.6 Å². The Hall–Kier alpha value is -3.21. The fourth-order valence-corrected chi connectivity index (χ4v) is 3.57. The number of phenolic OH excluding ortho intramolecular Hbond substituents is 1. The Morgan fingerprint density at radius 2 is 2.03 bits per heavy atom. The zero-order valence-electron chi connectivity index (χ0n) is 17.3. The van der Waals surface area contributed by atoms with Crippen LogP contribution in [-0.4, -0.2) is 17.8 Å². The van der Waals surface area contributed by atoms with Gasteiger partial charge in [0.1, 0.15) is 33.8 Å². The summed E-state index contributed by atoms with van der Waals surface area (Å²) in [5.41, 5.74) is 2.30. The average molecular weight is 392 g/mol. The zero-order valence-corrected chi connectivity index (χ0v) is 17.3. The Kier molecular flexibility index (Phi) is 4.41. The molecule has 1 aliphatic heterocycles. The van der Waals surface area contributed by atoms with Crippen LogP contribution in [0.25, 0.3) is 28.0 Å². The minimum absolute atomic E-state index is 0.0965. The van der Waals surface area contributed by atoms with Gasteiger partial charge >= 0.3 is 0 Å². The van der Waals surface area contributed by atoms with Crippen LogP contribution in [-0.2, 0) is 6.42 Å². The highest BCUT2D eigenvalue weighted by Gasteiger charge is 2.30. The van der Waals surface area contributed by atoms with E-state index in [0.717, 1.165) is 5.57 Å². The molecule has 1 aliphatic rings. The van der Waals surface area contributed by atoms with E-state index in [4.69, 9.17) is 13.9 Å². The van der Waals surface area contributed by atoms with Gasteiger partial charge in [0.2, 0.25) is 5.43 Å². The molecule has 2 heterocycles. The first-order chi connectivity index (χ1) is 13.7. The van der Waals surface area contributed by atoms with Crippen LogP contribution in [0, 0.1) is 0 Å². The molecule has 0 bridgehead atoms. The van der Waals surface area contributed by atoms with Crippen molar-refractivity contribution >= 4 is 28.0 Å². The van der Waals surface area contributed by atoms with Crippen LogP contribution in [0.15, 0.2) is 45.1 Å². The van der Waals surface area contributed by atoms with Crippen LogP contribution in [0.1, 0.15) is 38.8 Å². The molecule has 1 aromatic heterocycles. The molecule has 1 N–H and O–H groups in total. The van der Waals surface area contributed by atoms with Gasteiger partial charge in [0.15, 0.2) is 5.58 Å². The van der Waals surface area contributed by atoms with E-state index in [1.807, 2.05) is 45.9 Å². The number of phenols is 1. The molecular weight excluding hydrogens is 368 g/mol. The lowest BCUT2D eigenvalue weighted by Crippen LogP contribution is -2.28. The van der Waals surface area contributed by atoms with Crippen LogP contribution >= 0.6 is 0 Å². The number of benzene rings is 2. The smallest absolute Gasteiger partial charge is 0.204 e. The van der Waals surface area contributed by atoms with Crippen molar-refractivity contribution in [1.29, 1.82) is 0 Å². The molecule has 0 fully saturated rings. The van der Waals surface area contributed by atoms with Crippen molar-refractivity contribution in [2.45, 2.75) is 39.7 Å². The Labute approximate surface area is 168 Å². The van der Waals surface area contributed by atoms with Gasteiger partial charge in [-0.25, -0.2) is 0 Å². The summed E-state index contributed by atoms with van der Waals surface area (Å²) < 4.78 is 17.5. The third kappa shape index (κ3) is 3.16. The standard InChI is InChI=1S/C24H24O5/c1-13(2)6-8-15-20(25)19-21(26)17-12-14(27-5)7-9-18(17)28-23(19)16-10-11-24(3,4)29-22(15)16/h6-7,9-12,25H,8H2,1-5H3. The maximum absolute atomic E-state index is 13.3. The molecule has 150 valence electrons. The van der Waals surface area contributed by atoms with Gasteiger partial charge in [0.05, 0.1) is 18.1 Å². The molecule has 0 unspecified atom stereocenters. The second-order valence-electron chi connectivity index (χ2n) is 8.09. The molecule has 4 rings (SSSR count). The lowest BCUT2D eigenvalue weighted by Gasteiger charge is -2.30. The van der Waals surface area contributed by atoms with E-state index in [0.29, 0.717) is 45.6 Å². The fraction of sp³-hybridized carbons (Fsp3) is 0.292. The molecule has 0 radical (unpaired) electrons. The predicted molar refractivity (Wildman–Crippen MR) is 115 cm³/mol. The highest BCUT2D eigenvalue weighted by atomic mass is 16.5. The first-order valence-corrected chi connectivity index (χ1v) is 9.56. The summed E-state index contributed by atoms with van der Waals surface area (Å²) in [7, 11) is 1.54. The average Bonchev–Trinajstić information content (AvgIpc) is 2.66. The number of hydrogen-bond acceptors (Lipinski definition) is 5. The van der Waals surface area contributed by atoms with Crippen molar-refractivity contribution in [2.24, 2.45) is 0 Å². The second kappa shape index (κ2) is 6.69. The topological polar surface area (TPSA) is 68.9 Å². The maximum Gasteiger partial charge on any atom is 0.204 e. The van der Waals surface area contributed by atoms with Crippen LogP contribution in [0.4, 0.5) is 0 Å². The van der Waals surface area contributed by atoms with E-state index >= 15 is 0 Å². The first kappa shape index (κ1) is 19.1. The first-order valence-electron chi connectivity index (χ1n) is 9.56. The molecule has 0 spiro atoms. The van der Waals surface area contributed by atoms with Gasteiger partial charge in [0.25, 0.3) is 0 Å². The number of ether oxygens (including phenoxy) is 2. The maximum atomic E-state index is 13.3. The monoisotopic (exact) mass is 392 g/mol. The predicted octanol–water partition coefficient (Wildman–Crippen LogP) is 5.35. The Bertz CT molecular complexity index is 1250. The quantitative estimate of drug-likeness (QED) is 0.480. The number of fused-ring (bicyclic) bond motifs is 4. The SMILES string of the molecule is COc1ccc2oc3c4c(c(CC=C(C)C)c(O)c3c(=O)c2c1)OC(C)(C)C=C4. The molecule has 5 nitrogen and oxygen atoms in total. The van der Waals surface area contributed by atoms with E-state index in [1.165, 1.54) is 0 Å². The van der Waals surface area contributed by atoms with E-state index in [2.05, 4.69) is 0 Å². The third-order valence-electron chi connectivity index (χ3n) is 5.11. The van der Waals surface area contributed by atoms with Gasteiger partial charge in [-0.05, 0) is 64.5 Å². The molecule has 29 heavy (non-hydrogen) atoms. The summed E-state index contributed by atoms with van der Waals surface area (Å²) in [6.07, 6.45) is 6.28. The molecule has 2 aromatic carbocycles. The third-order valence-corrected chi connectivity index (χ3v) is 5.11. The highest BCUT2D eigenvalue weighted by molar-refractivity contribution is 6.00. The zero-order chi connectivity index (χ0) is 20.9. The molecule has 0 saturated heterocycles. The lowest BCUT2D eigenvalue weighted by atomic mass is 9.94. The minimum Gasteiger partial charge on any atom is -0.507 e. The minimum atomic E-state index is -0.530. The van der Waals surface area contributed by atoms with E-state index < -0.39 is 5.60 Å². The lowest BCUT2D eigenvalue weighted by molar-refractivity contribution is 0.157. The van der Waals surface area contributed by atoms with Crippen LogP contribution < -0.4 is 14.9 Å². The van der Waals surface area contributed by atoms with Crippen molar-refractivity contribution in [1.82, 2.24) is 0 Å². The van der Waals surface area contributed by atoms with E-state index in [9.17, 15) is 9.90 Å². The van der Waals surface area contributed by atoms with Crippen molar-refractivity contribution < 1.29 is 19.0 Å². The number of hydrogen-bond donors (Lipinski definition) is 1. The Morgan fingerprint density at radius 1 is 1.28 bits per heavy atom. The second-order valence-corrected chi connectivity index (χ2v) is 8.09. The normalized spacial score (nSPS) is 14.5. The number of methoxy groups -OCH3 is 1. The summed E-state index contributed by atoms with van der Waals surface area (Å²) in [4.78, 5) is 13.3. The van der Waals surface area contributed by atoms with Gasteiger partial charge in [-0.3, -0.25) is 4.79 Å². The van der Waals surface area contributed by atoms with Gasteiger partial charge in [-0.15, -0.1) is 0 Å². The molecule has 5 heteroatoms. The van der Waals surface area contributed by atoms with Crippen molar-refractivity contribution in [3.63, 3.8) is 0 Å². The summed E-state index contributed by atoms with van der Waals surface area (Å²) in [6, 6.07) is 5.07. The summed E-state index contributed by atoms with van der Waals surface area (Å²) in [5, 5.41) is 11.7. The summed E-state index contributed by atoms with van der Waals surface area (Å²) in [6.45, 7) is 7.87. The molecule has 0 aliphatic carbocycles. The van der Waals surface area contributed by atoms with E-state index in [1.54, 1.807) is 25.3 Å². The van der Waals surface area contributed by atoms with Crippen molar-refractivity contribution in [2.75, 3.05) is 7.11 Å². The van der Waals surface area contributed by atoms with Crippen LogP contribution in [0.2, 0.25) is 0 Å². The van der Waals surface area contributed by atoms with Crippen LogP contribution in [0.5, 0.6) is 17.2 Å². The largest absolute Gasteiger partial charge is 0.507 e. The molecular formula is C24H24O5. The van der Waals surface area contributed by atoms with Crippen LogP contribution in [0.3, 0.4) is 0 Å². The Balaban J connectivity index is 2.15. The number of rotatable bonds is 3. The van der Waals surface area contributed by atoms with Gasteiger partial charge in [-0.1, -0.05) is 11.6 Å². The summed E-state index contributed by atoms with van der Waals surface area (Å²) in [5.74, 6) is 1.01. The van der Waals surface area contributed by atoms with Gasteiger partial charge in [0, 0.05) is 5.56 Å². The van der Waals surface area contributed by atoms with Crippen molar-refractivity contribution in [3.8, 4) is 17.2 Å². The molecule has 3 aromatic rings. The number of aromatic hydroxyl groups is 1. The molecule has 0 amide bonds. The highest BCUT2D eigenvalue weighted by Crippen LogP contribution is 2.45. The Morgan fingerprint density at radius 3 is 2.72 bits per heavy atom. The molecule has 0 saturated carbocycles.